The molecule has 7 nitrogen and oxygen atoms in total. The fraction of sp³-hybridized carbons (Fsp3) is 0.560. The predicted octanol–water partition coefficient (Wildman–Crippen LogP) is 3.42. The number of aromatic nitrogens is 2. The number of ether oxygens (including phenoxy) is 1. The second-order valence-electron chi connectivity index (χ2n) is 9.26. The predicted molar refractivity (Wildman–Crippen MR) is 125 cm³/mol. The molecule has 176 valence electrons. The maximum Gasteiger partial charge on any atom is 0.254 e. The van der Waals surface area contributed by atoms with Crippen LogP contribution in [0.25, 0.3) is 0 Å². The van der Waals surface area contributed by atoms with Crippen molar-refractivity contribution in [1.29, 1.82) is 0 Å². The summed E-state index contributed by atoms with van der Waals surface area (Å²) in [6, 6.07) is 6.25. The van der Waals surface area contributed by atoms with E-state index in [9.17, 15) is 9.18 Å². The largest absolute Gasteiger partial charge is 0.378 e. The summed E-state index contributed by atoms with van der Waals surface area (Å²) in [5.74, 6) is 1.29. The van der Waals surface area contributed by atoms with Gasteiger partial charge in [0.25, 0.3) is 5.91 Å². The standard InChI is InChI=1S/C25H32FN5O2/c1-29(20-5-3-2-4-6-20)25-27-22-11-12-31(24(32)18-7-9-19(26)10-8-18)17-21(22)23(28-25)30-13-15-33-16-14-30/h7-10,20H,2-6,11-17H2,1H3. The Morgan fingerprint density at radius 3 is 2.52 bits per heavy atom. The van der Waals surface area contributed by atoms with Gasteiger partial charge in [-0.25, -0.2) is 9.37 Å². The number of halogens is 1. The summed E-state index contributed by atoms with van der Waals surface area (Å²) >= 11 is 0. The van der Waals surface area contributed by atoms with Gasteiger partial charge in [0.15, 0.2) is 0 Å². The highest BCUT2D eigenvalue weighted by atomic mass is 19.1. The van der Waals surface area contributed by atoms with Gasteiger partial charge in [0, 0.05) is 50.3 Å². The summed E-state index contributed by atoms with van der Waals surface area (Å²) in [5.41, 5.74) is 2.56. The highest BCUT2D eigenvalue weighted by Gasteiger charge is 2.30. The number of rotatable bonds is 4. The van der Waals surface area contributed by atoms with Gasteiger partial charge in [0.2, 0.25) is 5.95 Å². The minimum Gasteiger partial charge on any atom is -0.378 e. The first-order chi connectivity index (χ1) is 16.1. The fourth-order valence-electron chi connectivity index (χ4n) is 5.16. The summed E-state index contributed by atoms with van der Waals surface area (Å²) < 4.78 is 18.9. The zero-order valence-corrected chi connectivity index (χ0v) is 19.3. The zero-order valence-electron chi connectivity index (χ0n) is 19.3. The van der Waals surface area contributed by atoms with E-state index >= 15 is 0 Å². The first kappa shape index (κ1) is 22.1. The van der Waals surface area contributed by atoms with Gasteiger partial charge in [0.05, 0.1) is 25.5 Å². The van der Waals surface area contributed by atoms with Crippen molar-refractivity contribution in [3.8, 4) is 0 Å². The Hall–Kier alpha value is -2.74. The van der Waals surface area contributed by atoms with Gasteiger partial charge >= 0.3 is 0 Å². The van der Waals surface area contributed by atoms with Gasteiger partial charge in [-0.3, -0.25) is 4.79 Å². The minimum absolute atomic E-state index is 0.0861. The van der Waals surface area contributed by atoms with E-state index in [-0.39, 0.29) is 11.7 Å². The average Bonchev–Trinajstić information content (AvgIpc) is 2.88. The van der Waals surface area contributed by atoms with E-state index in [1.54, 1.807) is 12.1 Å². The molecule has 33 heavy (non-hydrogen) atoms. The smallest absolute Gasteiger partial charge is 0.254 e. The van der Waals surface area contributed by atoms with Crippen LogP contribution in [0.5, 0.6) is 0 Å². The molecule has 0 spiro atoms. The Morgan fingerprint density at radius 1 is 1.06 bits per heavy atom. The van der Waals surface area contributed by atoms with E-state index in [1.165, 1.54) is 44.2 Å². The van der Waals surface area contributed by atoms with Gasteiger partial charge in [-0.2, -0.15) is 4.98 Å². The van der Waals surface area contributed by atoms with Crippen LogP contribution in [0.1, 0.15) is 53.7 Å². The van der Waals surface area contributed by atoms with E-state index < -0.39 is 0 Å². The zero-order chi connectivity index (χ0) is 22.8. The van der Waals surface area contributed by atoms with Crippen LogP contribution in [0.3, 0.4) is 0 Å². The molecule has 5 rings (SSSR count). The number of hydrogen-bond donors (Lipinski definition) is 0. The minimum atomic E-state index is -0.340. The van der Waals surface area contributed by atoms with E-state index in [1.807, 2.05) is 4.90 Å². The molecule has 1 saturated heterocycles. The van der Waals surface area contributed by atoms with Crippen LogP contribution in [0.2, 0.25) is 0 Å². The van der Waals surface area contributed by atoms with Crippen molar-refractivity contribution in [1.82, 2.24) is 14.9 Å². The molecule has 2 aromatic rings. The Labute approximate surface area is 194 Å². The third-order valence-electron chi connectivity index (χ3n) is 7.15. The van der Waals surface area contributed by atoms with Crippen LogP contribution in [-0.2, 0) is 17.7 Å². The molecule has 1 saturated carbocycles. The Bertz CT molecular complexity index is 987. The molecule has 8 heteroatoms. The van der Waals surface area contributed by atoms with Crippen molar-refractivity contribution in [3.63, 3.8) is 0 Å². The highest BCUT2D eigenvalue weighted by molar-refractivity contribution is 5.94. The van der Waals surface area contributed by atoms with E-state index in [0.717, 1.165) is 36.1 Å². The maximum atomic E-state index is 13.3. The molecule has 1 aromatic heterocycles. The van der Waals surface area contributed by atoms with E-state index in [0.29, 0.717) is 44.3 Å². The Balaban J connectivity index is 1.45. The number of morpholine rings is 1. The number of anilines is 2. The molecular weight excluding hydrogens is 421 g/mol. The highest BCUT2D eigenvalue weighted by Crippen LogP contribution is 2.32. The fourth-order valence-corrected chi connectivity index (χ4v) is 5.16. The van der Waals surface area contributed by atoms with Gasteiger partial charge in [-0.1, -0.05) is 19.3 Å². The molecule has 0 radical (unpaired) electrons. The van der Waals surface area contributed by atoms with Gasteiger partial charge < -0.3 is 19.4 Å². The first-order valence-electron chi connectivity index (χ1n) is 12.1. The Morgan fingerprint density at radius 2 is 1.79 bits per heavy atom. The summed E-state index contributed by atoms with van der Waals surface area (Å²) in [6.45, 7) is 3.96. The number of benzene rings is 1. The number of carbonyl (C=O) groups is 1. The third kappa shape index (κ3) is 4.67. The SMILES string of the molecule is CN(c1nc2c(c(N3CCOCC3)n1)CN(C(=O)c1ccc(F)cc1)CC2)C1CCCCC1. The monoisotopic (exact) mass is 453 g/mol. The number of nitrogens with zero attached hydrogens (tertiary/aromatic N) is 5. The molecule has 1 aliphatic carbocycles. The van der Waals surface area contributed by atoms with Crippen LogP contribution < -0.4 is 9.80 Å². The molecule has 0 atom stereocenters. The second-order valence-corrected chi connectivity index (χ2v) is 9.26. The van der Waals surface area contributed by atoms with Crippen LogP contribution >= 0.6 is 0 Å². The lowest BCUT2D eigenvalue weighted by Gasteiger charge is -2.37. The van der Waals surface area contributed by atoms with Crippen LogP contribution in [0.15, 0.2) is 24.3 Å². The molecule has 2 aliphatic heterocycles. The molecule has 1 aromatic carbocycles. The number of hydrogen-bond acceptors (Lipinski definition) is 6. The topological polar surface area (TPSA) is 61.8 Å². The summed E-state index contributed by atoms with van der Waals surface area (Å²) in [7, 11) is 2.12. The molecule has 0 unspecified atom stereocenters. The summed E-state index contributed by atoms with van der Waals surface area (Å²) in [6.07, 6.45) is 6.89. The number of carbonyl (C=O) groups excluding carboxylic acids is 1. The molecule has 0 N–H and O–H groups in total. The summed E-state index contributed by atoms with van der Waals surface area (Å²) in [4.78, 5) is 29.5. The van der Waals surface area contributed by atoms with Gasteiger partial charge in [-0.05, 0) is 37.1 Å². The van der Waals surface area contributed by atoms with E-state index in [4.69, 9.17) is 14.7 Å². The van der Waals surface area contributed by atoms with Gasteiger partial charge in [0.1, 0.15) is 11.6 Å². The molecule has 3 aliphatic rings. The molecule has 3 heterocycles. The Kier molecular flexibility index (Phi) is 6.44. The van der Waals surface area contributed by atoms with Crippen LogP contribution in [0.4, 0.5) is 16.2 Å². The van der Waals surface area contributed by atoms with Crippen molar-refractivity contribution in [2.45, 2.75) is 51.1 Å². The van der Waals surface area contributed by atoms with E-state index in [2.05, 4.69) is 16.8 Å². The molecule has 1 amide bonds. The molecule has 0 bridgehead atoms. The first-order valence-corrected chi connectivity index (χ1v) is 12.1. The molecule has 2 fully saturated rings. The maximum absolute atomic E-state index is 13.3. The lowest BCUT2D eigenvalue weighted by Crippen LogP contribution is -2.42. The lowest BCUT2D eigenvalue weighted by molar-refractivity contribution is 0.0733. The average molecular weight is 454 g/mol. The third-order valence-corrected chi connectivity index (χ3v) is 7.15. The van der Waals surface area contributed by atoms with Crippen molar-refractivity contribution >= 4 is 17.7 Å². The lowest BCUT2D eigenvalue weighted by atomic mass is 9.95. The number of amides is 1. The van der Waals surface area contributed by atoms with Crippen molar-refractivity contribution in [2.24, 2.45) is 0 Å². The van der Waals surface area contributed by atoms with Crippen molar-refractivity contribution in [3.05, 3.63) is 46.9 Å². The van der Waals surface area contributed by atoms with Crippen molar-refractivity contribution < 1.29 is 13.9 Å². The van der Waals surface area contributed by atoms with Crippen LogP contribution in [-0.4, -0.2) is 66.7 Å². The van der Waals surface area contributed by atoms with Gasteiger partial charge in [-0.15, -0.1) is 0 Å². The molecular formula is C25H32FN5O2. The summed E-state index contributed by atoms with van der Waals surface area (Å²) in [5, 5.41) is 0. The second kappa shape index (κ2) is 9.63. The van der Waals surface area contributed by atoms with Crippen molar-refractivity contribution in [2.75, 3.05) is 49.7 Å². The number of fused-ring (bicyclic) bond motifs is 1. The normalized spacial score (nSPS) is 19.3. The quantitative estimate of drug-likeness (QED) is 0.707. The van der Waals surface area contributed by atoms with Crippen LogP contribution in [0, 0.1) is 5.82 Å².